The van der Waals surface area contributed by atoms with Gasteiger partial charge in [-0.2, -0.15) is 0 Å². The highest BCUT2D eigenvalue weighted by Gasteiger charge is 2.05. The molecule has 5 heteroatoms. The second-order valence-corrected chi connectivity index (χ2v) is 3.55. The minimum Gasteiger partial charge on any atom is -0.465 e. The summed E-state index contributed by atoms with van der Waals surface area (Å²) in [6.45, 7) is 2.09. The number of carboxylic acid groups (broad SMARTS) is 1. The molecule has 0 radical (unpaired) electrons. The van der Waals surface area contributed by atoms with Crippen LogP contribution in [-0.2, 0) is 13.0 Å². The normalized spacial score (nSPS) is 12.1. The molecule has 5 nitrogen and oxygen atoms in total. The predicted octanol–water partition coefficient (Wildman–Crippen LogP) is 1.16. The first kappa shape index (κ1) is 12.4. The van der Waals surface area contributed by atoms with Gasteiger partial charge in [-0.25, -0.2) is 4.79 Å². The average molecular weight is 224 g/mol. The molecule has 1 heterocycles. The summed E-state index contributed by atoms with van der Waals surface area (Å²) in [4.78, 5) is 14.5. The molecule has 88 valence electrons. The van der Waals surface area contributed by atoms with E-state index < -0.39 is 12.2 Å². The molecule has 0 spiro atoms. The summed E-state index contributed by atoms with van der Waals surface area (Å²) < 4.78 is 0. The number of hydrogen-bond donors (Lipinski definition) is 3. The van der Waals surface area contributed by atoms with Crippen LogP contribution in [0.4, 0.5) is 4.79 Å². The third kappa shape index (κ3) is 4.27. The van der Waals surface area contributed by atoms with E-state index in [1.165, 1.54) is 0 Å². The van der Waals surface area contributed by atoms with E-state index in [4.69, 9.17) is 5.11 Å². The number of amides is 1. The number of rotatable bonds is 5. The Kier molecular flexibility index (Phi) is 4.72. The maximum absolute atomic E-state index is 10.3. The van der Waals surface area contributed by atoms with Crippen LogP contribution in [0, 0.1) is 0 Å². The van der Waals surface area contributed by atoms with Crippen LogP contribution in [-0.4, -0.2) is 27.4 Å². The van der Waals surface area contributed by atoms with Crippen molar-refractivity contribution in [3.63, 3.8) is 0 Å². The molecule has 3 N–H and O–H groups in total. The summed E-state index contributed by atoms with van der Waals surface area (Å²) >= 11 is 0. The molecule has 0 aliphatic rings. The lowest BCUT2D eigenvalue weighted by Gasteiger charge is -2.08. The van der Waals surface area contributed by atoms with Crippen molar-refractivity contribution in [3.8, 4) is 0 Å². The number of aromatic nitrogens is 1. The Morgan fingerprint density at radius 1 is 1.50 bits per heavy atom. The Morgan fingerprint density at radius 2 is 2.19 bits per heavy atom. The van der Waals surface area contributed by atoms with Gasteiger partial charge in [0.05, 0.1) is 18.3 Å². The van der Waals surface area contributed by atoms with Gasteiger partial charge in [0.1, 0.15) is 0 Å². The molecule has 1 aromatic heterocycles. The van der Waals surface area contributed by atoms with Crippen molar-refractivity contribution in [3.05, 3.63) is 29.6 Å². The fraction of sp³-hybridized carbons (Fsp3) is 0.455. The first-order chi connectivity index (χ1) is 7.61. The Bertz CT molecular complexity index is 355. The second kappa shape index (κ2) is 6.07. The van der Waals surface area contributed by atoms with Crippen LogP contribution in [0.2, 0.25) is 0 Å². The quantitative estimate of drug-likeness (QED) is 0.701. The van der Waals surface area contributed by atoms with Crippen LogP contribution in [0.15, 0.2) is 18.2 Å². The molecule has 1 unspecified atom stereocenters. The minimum atomic E-state index is -1.07. The summed E-state index contributed by atoms with van der Waals surface area (Å²) in [6, 6.07) is 5.38. The molecule has 0 saturated heterocycles. The largest absolute Gasteiger partial charge is 0.465 e. The Morgan fingerprint density at radius 3 is 2.81 bits per heavy atom. The lowest BCUT2D eigenvalue weighted by atomic mass is 10.1. The van der Waals surface area contributed by atoms with Crippen molar-refractivity contribution < 1.29 is 15.0 Å². The zero-order valence-electron chi connectivity index (χ0n) is 9.18. The van der Waals surface area contributed by atoms with E-state index in [1.807, 2.05) is 19.1 Å². The summed E-state index contributed by atoms with van der Waals surface area (Å²) in [5.74, 6) is 0. The van der Waals surface area contributed by atoms with Gasteiger partial charge in [0.2, 0.25) is 0 Å². The maximum atomic E-state index is 10.3. The number of aliphatic hydroxyl groups is 1. The van der Waals surface area contributed by atoms with Gasteiger partial charge in [0, 0.05) is 12.1 Å². The molecule has 0 saturated carbocycles. The van der Waals surface area contributed by atoms with E-state index in [9.17, 15) is 9.90 Å². The van der Waals surface area contributed by atoms with Gasteiger partial charge in [-0.3, -0.25) is 4.98 Å². The van der Waals surface area contributed by atoms with Crippen LogP contribution < -0.4 is 5.32 Å². The molecule has 1 amide bonds. The van der Waals surface area contributed by atoms with Gasteiger partial charge in [0.15, 0.2) is 0 Å². The highest BCUT2D eigenvalue weighted by molar-refractivity contribution is 5.64. The lowest BCUT2D eigenvalue weighted by molar-refractivity contribution is 0.169. The number of nitrogens with zero attached hydrogens (tertiary/aromatic N) is 1. The van der Waals surface area contributed by atoms with Gasteiger partial charge in [-0.05, 0) is 18.6 Å². The van der Waals surface area contributed by atoms with Crippen LogP contribution in [0.1, 0.15) is 24.7 Å². The number of pyridine rings is 1. The highest BCUT2D eigenvalue weighted by Crippen LogP contribution is 2.04. The lowest BCUT2D eigenvalue weighted by Crippen LogP contribution is -2.21. The van der Waals surface area contributed by atoms with Gasteiger partial charge < -0.3 is 15.5 Å². The van der Waals surface area contributed by atoms with Gasteiger partial charge in [0.25, 0.3) is 0 Å². The summed E-state index contributed by atoms with van der Waals surface area (Å²) in [5, 5.41) is 20.2. The fourth-order valence-electron chi connectivity index (χ4n) is 1.29. The van der Waals surface area contributed by atoms with Crippen LogP contribution >= 0.6 is 0 Å². The Hall–Kier alpha value is -1.62. The van der Waals surface area contributed by atoms with Crippen LogP contribution in [0.5, 0.6) is 0 Å². The van der Waals surface area contributed by atoms with Crippen molar-refractivity contribution in [1.82, 2.24) is 10.3 Å². The first-order valence-corrected chi connectivity index (χ1v) is 5.21. The van der Waals surface area contributed by atoms with E-state index in [1.54, 1.807) is 6.07 Å². The van der Waals surface area contributed by atoms with E-state index in [2.05, 4.69) is 10.3 Å². The highest BCUT2D eigenvalue weighted by atomic mass is 16.4. The second-order valence-electron chi connectivity index (χ2n) is 3.55. The Labute approximate surface area is 94.1 Å². The summed E-state index contributed by atoms with van der Waals surface area (Å²) in [6.07, 6.45) is -0.285. The minimum absolute atomic E-state index is 0.186. The predicted molar refractivity (Wildman–Crippen MR) is 59.1 cm³/mol. The van der Waals surface area contributed by atoms with Gasteiger partial charge >= 0.3 is 6.09 Å². The number of hydrogen-bond acceptors (Lipinski definition) is 3. The van der Waals surface area contributed by atoms with E-state index >= 15 is 0 Å². The number of aliphatic hydroxyl groups excluding tert-OH is 1. The summed E-state index contributed by atoms with van der Waals surface area (Å²) in [5.41, 5.74) is 1.43. The van der Waals surface area contributed by atoms with Crippen molar-refractivity contribution in [2.24, 2.45) is 0 Å². The van der Waals surface area contributed by atoms with Crippen LogP contribution in [0.3, 0.4) is 0 Å². The van der Waals surface area contributed by atoms with Crippen molar-refractivity contribution in [2.75, 3.05) is 0 Å². The molecular formula is C11H16N2O3. The van der Waals surface area contributed by atoms with E-state index in [0.717, 1.165) is 5.69 Å². The van der Waals surface area contributed by atoms with Crippen molar-refractivity contribution in [1.29, 1.82) is 0 Å². The molecule has 1 aromatic rings. The number of carbonyl (C=O) groups is 1. The molecule has 1 rings (SSSR count). The first-order valence-electron chi connectivity index (χ1n) is 5.21. The smallest absolute Gasteiger partial charge is 0.404 e. The molecule has 0 aliphatic carbocycles. The summed E-state index contributed by atoms with van der Waals surface area (Å²) in [7, 11) is 0. The molecule has 16 heavy (non-hydrogen) atoms. The van der Waals surface area contributed by atoms with E-state index in [0.29, 0.717) is 18.5 Å². The average Bonchev–Trinajstić information content (AvgIpc) is 2.26. The molecule has 0 fully saturated rings. The fourth-order valence-corrected chi connectivity index (χ4v) is 1.29. The zero-order chi connectivity index (χ0) is 12.0. The monoisotopic (exact) mass is 224 g/mol. The van der Waals surface area contributed by atoms with Gasteiger partial charge in [-0.15, -0.1) is 0 Å². The third-order valence-electron chi connectivity index (χ3n) is 2.20. The topological polar surface area (TPSA) is 82.5 Å². The van der Waals surface area contributed by atoms with E-state index in [-0.39, 0.29) is 6.54 Å². The molecule has 0 aromatic carbocycles. The molecule has 0 bridgehead atoms. The van der Waals surface area contributed by atoms with Crippen molar-refractivity contribution in [2.45, 2.75) is 32.4 Å². The third-order valence-corrected chi connectivity index (χ3v) is 2.20. The van der Waals surface area contributed by atoms with Crippen LogP contribution in [0.25, 0.3) is 0 Å². The number of nitrogens with one attached hydrogen (secondary N) is 1. The molecular weight excluding hydrogens is 208 g/mol. The van der Waals surface area contributed by atoms with Crippen molar-refractivity contribution >= 4 is 6.09 Å². The SMILES string of the molecule is CCC(O)Cc1cccc(CNC(=O)O)n1. The Balaban J connectivity index is 2.60. The van der Waals surface area contributed by atoms with Gasteiger partial charge in [-0.1, -0.05) is 13.0 Å². The molecule has 1 atom stereocenters. The zero-order valence-corrected chi connectivity index (χ0v) is 9.18. The standard InChI is InChI=1S/C11H16N2O3/c1-2-10(14)6-8-4-3-5-9(13-8)7-12-11(15)16/h3-5,10,12,14H,2,6-7H2,1H3,(H,15,16). The maximum Gasteiger partial charge on any atom is 0.404 e. The molecule has 0 aliphatic heterocycles.